The van der Waals surface area contributed by atoms with Crippen molar-refractivity contribution in [1.29, 1.82) is 0 Å². The molecular formula is C36H65N5O7S. The predicted molar refractivity (Wildman–Crippen MR) is 195 cm³/mol. The van der Waals surface area contributed by atoms with Gasteiger partial charge in [-0.2, -0.15) is 0 Å². The average molecular weight is 712 g/mol. The van der Waals surface area contributed by atoms with Gasteiger partial charge in [0.05, 0.1) is 17.3 Å². The second-order valence-electron chi connectivity index (χ2n) is 14.3. The zero-order valence-electron chi connectivity index (χ0n) is 31.4. The van der Waals surface area contributed by atoms with Gasteiger partial charge in [0.2, 0.25) is 17.6 Å². The van der Waals surface area contributed by atoms with Gasteiger partial charge in [-0.15, -0.1) is 6.58 Å². The van der Waals surface area contributed by atoms with Crippen molar-refractivity contribution in [2.75, 3.05) is 25.1 Å². The summed E-state index contributed by atoms with van der Waals surface area (Å²) in [6.45, 7) is 17.6. The Labute approximate surface area is 295 Å². The van der Waals surface area contributed by atoms with Crippen LogP contribution in [-0.2, 0) is 29.0 Å². The Kier molecular flexibility index (Phi) is 18.6. The number of likely N-dealkylation sites (tertiary alicyclic amines) is 1. The molecule has 12 nitrogen and oxygen atoms in total. The van der Waals surface area contributed by atoms with E-state index in [0.717, 1.165) is 44.8 Å². The Bertz CT molecular complexity index is 1220. The lowest BCUT2D eigenvalue weighted by Gasteiger charge is -2.40. The summed E-state index contributed by atoms with van der Waals surface area (Å²) in [4.78, 5) is 68.1. The maximum absolute atomic E-state index is 14.0. The van der Waals surface area contributed by atoms with Gasteiger partial charge in [-0.1, -0.05) is 93.1 Å². The number of urea groups is 1. The number of carbonyl (C=O) groups excluding carboxylic acids is 5. The smallest absolute Gasteiger partial charge is 0.315 e. The average Bonchev–Trinajstić information content (AvgIpc) is 3.51. The number of nitrogens with one attached hydrogen (secondary N) is 4. The molecule has 13 heteroatoms. The lowest BCUT2D eigenvalue weighted by molar-refractivity contribution is -0.144. The fraction of sp³-hybridized carbons (Fsp3) is 0.806. The molecule has 4 N–H and O–H groups in total. The summed E-state index contributed by atoms with van der Waals surface area (Å²) in [5, 5.41) is 11.1. The molecule has 0 radical (unpaired) electrons. The summed E-state index contributed by atoms with van der Waals surface area (Å²) >= 11 is 0. The molecule has 3 fully saturated rings. The maximum Gasteiger partial charge on any atom is 0.315 e. The van der Waals surface area contributed by atoms with Gasteiger partial charge in [0.15, 0.2) is 0 Å². The second kappa shape index (κ2) is 20.7. The molecule has 0 bridgehead atoms. The Hall–Kier alpha value is -2.96. The molecule has 282 valence electrons. The summed E-state index contributed by atoms with van der Waals surface area (Å²) in [5.41, 5.74) is -1.64. The van der Waals surface area contributed by atoms with Crippen molar-refractivity contribution in [2.45, 2.75) is 149 Å². The van der Waals surface area contributed by atoms with Gasteiger partial charge in [-0.25, -0.2) is 13.2 Å². The quantitative estimate of drug-likeness (QED) is 0.117. The van der Waals surface area contributed by atoms with Crippen LogP contribution in [0.25, 0.3) is 0 Å². The summed E-state index contributed by atoms with van der Waals surface area (Å²) in [6.07, 6.45) is 11.1. The molecule has 1 saturated heterocycles. The van der Waals surface area contributed by atoms with Gasteiger partial charge in [0.1, 0.15) is 21.9 Å². The monoisotopic (exact) mass is 711 g/mol. The molecule has 0 aromatic rings. The zero-order chi connectivity index (χ0) is 37.4. The van der Waals surface area contributed by atoms with E-state index in [0.29, 0.717) is 45.1 Å². The Morgan fingerprint density at radius 2 is 1.53 bits per heavy atom. The molecule has 5 amide bonds. The largest absolute Gasteiger partial charge is 0.349 e. The molecule has 1 aliphatic heterocycles. The minimum atomic E-state index is -3.38. The van der Waals surface area contributed by atoms with Crippen molar-refractivity contribution in [2.24, 2.45) is 11.3 Å². The molecule has 0 aromatic carbocycles. The molecule has 2 unspecified atom stereocenters. The Morgan fingerprint density at radius 3 is 2.04 bits per heavy atom. The molecule has 3 atom stereocenters. The first kappa shape index (κ1) is 44.1. The number of nitrogens with zero attached hydrogens (tertiary/aromatic N) is 1. The van der Waals surface area contributed by atoms with Crippen LogP contribution in [0.4, 0.5) is 4.79 Å². The van der Waals surface area contributed by atoms with Crippen LogP contribution in [0.2, 0.25) is 0 Å². The predicted octanol–water partition coefficient (Wildman–Crippen LogP) is 4.43. The van der Waals surface area contributed by atoms with E-state index in [9.17, 15) is 32.4 Å². The van der Waals surface area contributed by atoms with E-state index in [-0.39, 0.29) is 18.2 Å². The van der Waals surface area contributed by atoms with Crippen molar-refractivity contribution >= 4 is 39.4 Å². The highest BCUT2D eigenvalue weighted by Crippen LogP contribution is 2.32. The van der Waals surface area contributed by atoms with Crippen molar-refractivity contribution in [3.8, 4) is 0 Å². The van der Waals surface area contributed by atoms with Crippen LogP contribution in [0.1, 0.15) is 126 Å². The van der Waals surface area contributed by atoms with E-state index in [1.54, 1.807) is 6.08 Å². The van der Waals surface area contributed by atoms with Gasteiger partial charge in [0, 0.05) is 19.3 Å². The van der Waals surface area contributed by atoms with Crippen molar-refractivity contribution in [3.05, 3.63) is 12.7 Å². The van der Waals surface area contributed by atoms with Gasteiger partial charge < -0.3 is 26.2 Å². The summed E-state index contributed by atoms with van der Waals surface area (Å²) < 4.78 is 24.5. The van der Waals surface area contributed by atoms with Crippen LogP contribution in [0.15, 0.2) is 12.7 Å². The summed E-state index contributed by atoms with van der Waals surface area (Å²) in [6, 6.07) is -3.48. The number of sulfone groups is 1. The molecule has 0 spiro atoms. The second-order valence-corrected chi connectivity index (χ2v) is 16.4. The maximum atomic E-state index is 14.0. The molecule has 2 aliphatic carbocycles. The van der Waals surface area contributed by atoms with Crippen LogP contribution < -0.4 is 21.3 Å². The van der Waals surface area contributed by atoms with Crippen LogP contribution in [0.5, 0.6) is 0 Å². The highest BCUT2D eigenvalue weighted by atomic mass is 32.2. The van der Waals surface area contributed by atoms with Crippen molar-refractivity contribution < 1.29 is 32.4 Å². The molecule has 3 aliphatic rings. The number of carbonyl (C=O) groups is 5. The SMILES string of the molecule is C=CCCNC(=O)C(=O)C(CC1CCC1)NC(=O)[C@@H]1CCCN1C(=O)C(NC(=O)NC1(CS(C)(=O)=O)CCCCC1)C(C)(C)C.CC.CC. The van der Waals surface area contributed by atoms with Crippen molar-refractivity contribution in [3.63, 3.8) is 0 Å². The fourth-order valence-corrected chi connectivity index (χ4v) is 8.02. The van der Waals surface area contributed by atoms with E-state index in [2.05, 4.69) is 27.8 Å². The molecule has 0 aromatic heterocycles. The first-order valence-corrected chi connectivity index (χ1v) is 20.4. The van der Waals surface area contributed by atoms with E-state index in [1.807, 2.05) is 48.5 Å². The minimum absolute atomic E-state index is 0.178. The third-order valence-electron chi connectivity index (χ3n) is 9.24. The summed E-state index contributed by atoms with van der Waals surface area (Å²) in [7, 11) is -3.38. The number of amides is 5. The lowest BCUT2D eigenvalue weighted by Crippen LogP contribution is -2.63. The lowest BCUT2D eigenvalue weighted by atomic mass is 9.80. The summed E-state index contributed by atoms with van der Waals surface area (Å²) in [5.74, 6) is -2.32. The normalized spacial score (nSPS) is 20.0. The number of Topliss-reactive ketones (excluding diaryl/α,β-unsaturated/α-hetero) is 1. The molecule has 2 saturated carbocycles. The number of ketones is 1. The van der Waals surface area contributed by atoms with Gasteiger partial charge >= 0.3 is 6.03 Å². The molecule has 3 rings (SSSR count). The van der Waals surface area contributed by atoms with Gasteiger partial charge in [-0.05, 0) is 49.9 Å². The number of hydrogen-bond acceptors (Lipinski definition) is 7. The topological polar surface area (TPSA) is 171 Å². The van der Waals surface area contributed by atoms with Crippen LogP contribution in [0, 0.1) is 11.3 Å². The molecule has 49 heavy (non-hydrogen) atoms. The van der Waals surface area contributed by atoms with Crippen LogP contribution in [-0.4, -0.2) is 91.6 Å². The van der Waals surface area contributed by atoms with E-state index < -0.39 is 68.5 Å². The number of rotatable bonds is 14. The highest BCUT2D eigenvalue weighted by molar-refractivity contribution is 7.90. The standard InChI is InChI=1S/C32H53N5O7S.2C2H6/c1-6-7-18-33-28(40)25(38)23(20-22-13-11-14-22)34-27(39)24-15-12-19-37(24)29(41)26(31(2,3)4)35-30(42)36-32(21-45(5,43)44)16-9-8-10-17-32;2*1-2/h6,22-24,26H,1,7-21H2,2-5H3,(H,33,40)(H,34,39)(H2,35,36,42);2*1-2H3/t23?,24-,26?;;/m0../s1. The molecular weight excluding hydrogens is 646 g/mol. The Balaban J connectivity index is 0.00000289. The molecule has 1 heterocycles. The van der Waals surface area contributed by atoms with E-state index in [4.69, 9.17) is 0 Å². The third kappa shape index (κ3) is 14.1. The Morgan fingerprint density at radius 1 is 0.918 bits per heavy atom. The van der Waals surface area contributed by atoms with Gasteiger partial charge in [0.25, 0.3) is 5.91 Å². The van der Waals surface area contributed by atoms with Crippen LogP contribution in [0.3, 0.4) is 0 Å². The first-order chi connectivity index (χ1) is 23.0. The minimum Gasteiger partial charge on any atom is -0.349 e. The van der Waals surface area contributed by atoms with Gasteiger partial charge in [-0.3, -0.25) is 19.2 Å². The number of hydrogen-bond donors (Lipinski definition) is 4. The van der Waals surface area contributed by atoms with E-state index >= 15 is 0 Å². The first-order valence-electron chi connectivity index (χ1n) is 18.4. The third-order valence-corrected chi connectivity index (χ3v) is 10.3. The highest BCUT2D eigenvalue weighted by Gasteiger charge is 2.44. The van der Waals surface area contributed by atoms with E-state index in [1.165, 1.54) is 4.90 Å². The van der Waals surface area contributed by atoms with Crippen LogP contribution >= 0.6 is 0 Å². The van der Waals surface area contributed by atoms with Crippen molar-refractivity contribution in [1.82, 2.24) is 26.2 Å². The fourth-order valence-electron chi connectivity index (χ4n) is 6.66. The zero-order valence-corrected chi connectivity index (χ0v) is 32.2.